The summed E-state index contributed by atoms with van der Waals surface area (Å²) in [5.74, 6) is 1.28. The number of hydrogen-bond acceptors (Lipinski definition) is 4. The molecule has 1 aliphatic heterocycles. The smallest absolute Gasteiger partial charge is 0.249 e. The highest BCUT2D eigenvalue weighted by molar-refractivity contribution is 5.78. The van der Waals surface area contributed by atoms with Gasteiger partial charge in [0.15, 0.2) is 0 Å². The lowest BCUT2D eigenvalue weighted by Crippen LogP contribution is -2.40. The van der Waals surface area contributed by atoms with E-state index in [0.717, 1.165) is 36.9 Å². The third-order valence-electron chi connectivity index (χ3n) is 4.28. The molecule has 1 aromatic heterocycles. The summed E-state index contributed by atoms with van der Waals surface area (Å²) in [7, 11) is 0. The molecule has 5 heteroatoms. The first-order valence-corrected chi connectivity index (χ1v) is 8.27. The topological polar surface area (TPSA) is 59.2 Å². The molecule has 5 nitrogen and oxygen atoms in total. The van der Waals surface area contributed by atoms with Gasteiger partial charge in [-0.25, -0.2) is 0 Å². The Bertz CT molecular complexity index is 693. The van der Waals surface area contributed by atoms with Crippen LogP contribution in [0, 0.1) is 12.8 Å². The Balaban J connectivity index is 1.87. The number of nitrogens with zero attached hydrogens (tertiary/aromatic N) is 3. The number of benzene rings is 1. The molecule has 1 atom stereocenters. The lowest BCUT2D eigenvalue weighted by atomic mass is 10.00. The van der Waals surface area contributed by atoms with Crippen molar-refractivity contribution < 1.29 is 9.32 Å². The van der Waals surface area contributed by atoms with Crippen LogP contribution in [0.15, 0.2) is 28.8 Å². The molecule has 0 aliphatic carbocycles. The molecule has 2 aromatic rings. The Hall–Kier alpha value is -2.17. The lowest BCUT2D eigenvalue weighted by molar-refractivity contribution is -0.139. The Kier molecular flexibility index (Phi) is 4.46. The zero-order valence-corrected chi connectivity index (χ0v) is 14.0. The van der Waals surface area contributed by atoms with E-state index in [1.807, 2.05) is 49.9 Å². The van der Waals surface area contributed by atoms with Crippen molar-refractivity contribution in [3.8, 4) is 11.4 Å². The van der Waals surface area contributed by atoms with Crippen LogP contribution < -0.4 is 0 Å². The minimum absolute atomic E-state index is 0.0187. The van der Waals surface area contributed by atoms with Crippen molar-refractivity contribution in [3.63, 3.8) is 0 Å². The van der Waals surface area contributed by atoms with Gasteiger partial charge >= 0.3 is 0 Å². The lowest BCUT2D eigenvalue weighted by Gasteiger charge is -2.34. The zero-order valence-electron chi connectivity index (χ0n) is 14.0. The van der Waals surface area contributed by atoms with E-state index < -0.39 is 0 Å². The highest BCUT2D eigenvalue weighted by Crippen LogP contribution is 2.32. The minimum Gasteiger partial charge on any atom is -0.337 e. The molecule has 1 fully saturated rings. The number of aromatic nitrogens is 2. The normalized spacial score (nSPS) is 18.4. The van der Waals surface area contributed by atoms with Crippen molar-refractivity contribution in [1.29, 1.82) is 0 Å². The minimum atomic E-state index is -0.0929. The standard InChI is InChI=1S/C18H23N3O2/c1-12(2)18(22)21-10-5-4-9-15(21)17-19-16(20-23-17)14-8-6-7-13(3)11-14/h6-8,11-12,15H,4-5,9-10H2,1-3H3. The summed E-state index contributed by atoms with van der Waals surface area (Å²) < 4.78 is 5.50. The average molecular weight is 313 g/mol. The summed E-state index contributed by atoms with van der Waals surface area (Å²) in [4.78, 5) is 18.9. The second-order valence-corrected chi connectivity index (χ2v) is 6.52. The fourth-order valence-corrected chi connectivity index (χ4v) is 3.06. The van der Waals surface area contributed by atoms with Gasteiger partial charge in [0.1, 0.15) is 6.04 Å². The molecule has 122 valence electrons. The molecule has 1 saturated heterocycles. The van der Waals surface area contributed by atoms with E-state index in [1.54, 1.807) is 0 Å². The van der Waals surface area contributed by atoms with Crippen LogP contribution in [0.4, 0.5) is 0 Å². The highest BCUT2D eigenvalue weighted by Gasteiger charge is 2.33. The molecule has 0 bridgehead atoms. The Morgan fingerprint density at radius 3 is 2.91 bits per heavy atom. The first kappa shape index (κ1) is 15.7. The molecule has 1 unspecified atom stereocenters. The van der Waals surface area contributed by atoms with E-state index in [-0.39, 0.29) is 17.9 Å². The Morgan fingerprint density at radius 1 is 1.35 bits per heavy atom. The van der Waals surface area contributed by atoms with E-state index in [9.17, 15) is 4.79 Å². The molecular weight excluding hydrogens is 290 g/mol. The molecule has 0 saturated carbocycles. The molecule has 0 radical (unpaired) electrons. The van der Waals surface area contributed by atoms with Gasteiger partial charge in [0.05, 0.1) is 0 Å². The quantitative estimate of drug-likeness (QED) is 0.866. The number of likely N-dealkylation sites (tertiary alicyclic amines) is 1. The van der Waals surface area contributed by atoms with E-state index in [1.165, 1.54) is 0 Å². The zero-order chi connectivity index (χ0) is 16.4. The van der Waals surface area contributed by atoms with Crippen LogP contribution in [0.1, 0.15) is 50.6 Å². The van der Waals surface area contributed by atoms with Crippen LogP contribution in [0.25, 0.3) is 11.4 Å². The van der Waals surface area contributed by atoms with Gasteiger partial charge in [-0.05, 0) is 32.3 Å². The van der Waals surface area contributed by atoms with Gasteiger partial charge in [-0.15, -0.1) is 0 Å². The molecule has 0 spiro atoms. The first-order chi connectivity index (χ1) is 11.1. The predicted molar refractivity (Wildman–Crippen MR) is 87.6 cm³/mol. The van der Waals surface area contributed by atoms with Crippen molar-refractivity contribution >= 4 is 5.91 Å². The van der Waals surface area contributed by atoms with Crippen molar-refractivity contribution in [2.24, 2.45) is 5.92 Å². The van der Waals surface area contributed by atoms with Crippen LogP contribution in [0.2, 0.25) is 0 Å². The number of carbonyl (C=O) groups excluding carboxylic acids is 1. The highest BCUT2D eigenvalue weighted by atomic mass is 16.5. The molecule has 1 amide bonds. The van der Waals surface area contributed by atoms with Gasteiger partial charge in [-0.3, -0.25) is 4.79 Å². The van der Waals surface area contributed by atoms with Crippen LogP contribution >= 0.6 is 0 Å². The van der Waals surface area contributed by atoms with Crippen molar-refractivity contribution in [2.45, 2.75) is 46.1 Å². The summed E-state index contributed by atoms with van der Waals surface area (Å²) in [6.45, 7) is 6.67. The third kappa shape index (κ3) is 3.28. The van der Waals surface area contributed by atoms with E-state index in [0.29, 0.717) is 11.7 Å². The van der Waals surface area contributed by atoms with E-state index >= 15 is 0 Å². The maximum Gasteiger partial charge on any atom is 0.249 e. The summed E-state index contributed by atoms with van der Waals surface area (Å²) in [5, 5.41) is 4.12. The third-order valence-corrected chi connectivity index (χ3v) is 4.28. The van der Waals surface area contributed by atoms with Gasteiger partial charge in [0.2, 0.25) is 17.6 Å². The van der Waals surface area contributed by atoms with Gasteiger partial charge < -0.3 is 9.42 Å². The molecule has 3 rings (SSSR count). The number of piperidine rings is 1. The van der Waals surface area contributed by atoms with E-state index in [2.05, 4.69) is 10.1 Å². The molecule has 1 aromatic carbocycles. The maximum absolute atomic E-state index is 12.4. The number of rotatable bonds is 3. The van der Waals surface area contributed by atoms with E-state index in [4.69, 9.17) is 4.52 Å². The molecule has 1 aliphatic rings. The van der Waals surface area contributed by atoms with Gasteiger partial charge in [0, 0.05) is 18.0 Å². The summed E-state index contributed by atoms with van der Waals surface area (Å²) in [5.41, 5.74) is 2.10. The molecule has 23 heavy (non-hydrogen) atoms. The second kappa shape index (κ2) is 6.52. The monoisotopic (exact) mass is 313 g/mol. The van der Waals surface area contributed by atoms with Crippen LogP contribution in [-0.2, 0) is 4.79 Å². The largest absolute Gasteiger partial charge is 0.337 e. The fraction of sp³-hybridized carbons (Fsp3) is 0.500. The Morgan fingerprint density at radius 2 is 2.17 bits per heavy atom. The van der Waals surface area contributed by atoms with Crippen molar-refractivity contribution in [3.05, 3.63) is 35.7 Å². The number of aryl methyl sites for hydroxylation is 1. The van der Waals surface area contributed by atoms with Crippen LogP contribution in [-0.4, -0.2) is 27.5 Å². The average Bonchev–Trinajstić information content (AvgIpc) is 3.04. The molecular formula is C18H23N3O2. The maximum atomic E-state index is 12.4. The molecule has 2 heterocycles. The van der Waals surface area contributed by atoms with Crippen molar-refractivity contribution in [2.75, 3.05) is 6.54 Å². The summed E-state index contributed by atoms with van der Waals surface area (Å²) in [6, 6.07) is 7.93. The Labute approximate surface area is 136 Å². The van der Waals surface area contributed by atoms with Gasteiger partial charge in [0.25, 0.3) is 0 Å². The fourth-order valence-electron chi connectivity index (χ4n) is 3.06. The second-order valence-electron chi connectivity index (χ2n) is 6.52. The number of hydrogen-bond donors (Lipinski definition) is 0. The van der Waals surface area contributed by atoms with Crippen LogP contribution in [0.5, 0.6) is 0 Å². The summed E-state index contributed by atoms with van der Waals surface area (Å²) in [6.07, 6.45) is 3.00. The number of carbonyl (C=O) groups is 1. The van der Waals surface area contributed by atoms with Crippen LogP contribution in [0.3, 0.4) is 0 Å². The molecule has 0 N–H and O–H groups in total. The summed E-state index contributed by atoms with van der Waals surface area (Å²) >= 11 is 0. The number of amides is 1. The van der Waals surface area contributed by atoms with Crippen molar-refractivity contribution in [1.82, 2.24) is 15.0 Å². The first-order valence-electron chi connectivity index (χ1n) is 8.27. The predicted octanol–water partition coefficient (Wildman–Crippen LogP) is 3.75. The van der Waals surface area contributed by atoms with Gasteiger partial charge in [-0.1, -0.05) is 42.8 Å². The SMILES string of the molecule is Cc1cccc(-c2noc(C3CCCCN3C(=O)C(C)C)n2)c1. The van der Waals surface area contributed by atoms with Gasteiger partial charge in [-0.2, -0.15) is 4.98 Å².